The summed E-state index contributed by atoms with van der Waals surface area (Å²) in [6.07, 6.45) is 3.60. The molecular weight excluding hydrogens is 264 g/mol. The summed E-state index contributed by atoms with van der Waals surface area (Å²) in [6.45, 7) is 7.50. The highest BCUT2D eigenvalue weighted by Gasteiger charge is 2.20. The summed E-state index contributed by atoms with van der Waals surface area (Å²) in [5.41, 5.74) is 1.06. The number of hydrogen-bond acceptors (Lipinski definition) is 3. The second kappa shape index (κ2) is 4.85. The van der Waals surface area contributed by atoms with Crippen LogP contribution in [0.25, 0.3) is 10.9 Å². The van der Waals surface area contributed by atoms with E-state index in [4.69, 9.17) is 16.3 Å². The lowest BCUT2D eigenvalue weighted by Gasteiger charge is -2.19. The fourth-order valence-corrected chi connectivity index (χ4v) is 2.03. The van der Waals surface area contributed by atoms with Crippen LogP contribution in [0, 0.1) is 0 Å². The molecule has 2 aromatic heterocycles. The first-order valence-corrected chi connectivity index (χ1v) is 6.58. The van der Waals surface area contributed by atoms with Crippen LogP contribution in [-0.4, -0.2) is 21.2 Å². The summed E-state index contributed by atoms with van der Waals surface area (Å²) >= 11 is 6.17. The first-order valence-electron chi connectivity index (χ1n) is 6.20. The molecule has 0 atom stereocenters. The third-order valence-electron chi connectivity index (χ3n) is 2.65. The molecule has 0 aliphatic carbocycles. The van der Waals surface area contributed by atoms with Crippen molar-refractivity contribution in [1.29, 1.82) is 0 Å². The number of aromatic nitrogens is 2. The lowest BCUT2D eigenvalue weighted by molar-refractivity contribution is 0.0544. The van der Waals surface area contributed by atoms with E-state index >= 15 is 0 Å². The van der Waals surface area contributed by atoms with Crippen molar-refractivity contribution in [2.45, 2.75) is 39.7 Å². The summed E-state index contributed by atoms with van der Waals surface area (Å²) in [5.74, 6) is 0. The third kappa shape index (κ3) is 2.89. The minimum absolute atomic E-state index is 0.449. The van der Waals surface area contributed by atoms with Crippen LogP contribution in [0.2, 0.25) is 5.02 Å². The Kier molecular flexibility index (Phi) is 3.54. The van der Waals surface area contributed by atoms with Gasteiger partial charge in [-0.05, 0) is 33.3 Å². The number of pyridine rings is 1. The van der Waals surface area contributed by atoms with Crippen molar-refractivity contribution in [1.82, 2.24) is 9.55 Å². The zero-order chi connectivity index (χ0) is 14.2. The summed E-state index contributed by atoms with van der Waals surface area (Å²) in [4.78, 5) is 16.4. The van der Waals surface area contributed by atoms with Gasteiger partial charge in [-0.1, -0.05) is 18.5 Å². The number of fused-ring (bicyclic) bond motifs is 1. The van der Waals surface area contributed by atoms with E-state index in [0.29, 0.717) is 10.5 Å². The molecule has 0 saturated carbocycles. The first kappa shape index (κ1) is 13.9. The number of carbonyl (C=O) groups excluding carboxylic acids is 1. The van der Waals surface area contributed by atoms with E-state index in [1.807, 2.05) is 33.8 Å². The molecule has 5 heteroatoms. The predicted octanol–water partition coefficient (Wildman–Crippen LogP) is 4.04. The van der Waals surface area contributed by atoms with E-state index in [1.54, 1.807) is 12.4 Å². The molecular formula is C14H17ClN2O2. The highest BCUT2D eigenvalue weighted by Crippen LogP contribution is 2.26. The van der Waals surface area contributed by atoms with Gasteiger partial charge in [-0.25, -0.2) is 9.36 Å². The molecule has 102 valence electrons. The number of halogens is 1. The van der Waals surface area contributed by atoms with Gasteiger partial charge in [-0.15, -0.1) is 0 Å². The molecule has 19 heavy (non-hydrogen) atoms. The van der Waals surface area contributed by atoms with Gasteiger partial charge < -0.3 is 4.74 Å². The maximum atomic E-state index is 12.1. The van der Waals surface area contributed by atoms with Crippen LogP contribution in [0.5, 0.6) is 0 Å². The smallest absolute Gasteiger partial charge is 0.419 e. The number of aryl methyl sites for hydroxylation is 1. The molecule has 0 fully saturated rings. The van der Waals surface area contributed by atoms with Crippen LogP contribution in [0.3, 0.4) is 0 Å². The quantitative estimate of drug-likeness (QED) is 0.792. The third-order valence-corrected chi connectivity index (χ3v) is 2.95. The van der Waals surface area contributed by atoms with Gasteiger partial charge in [0.05, 0.1) is 16.7 Å². The summed E-state index contributed by atoms with van der Waals surface area (Å²) in [5, 5.41) is 1.34. The fourth-order valence-electron chi connectivity index (χ4n) is 1.78. The van der Waals surface area contributed by atoms with Crippen molar-refractivity contribution >= 4 is 28.6 Å². The first-order chi connectivity index (χ1) is 8.81. The van der Waals surface area contributed by atoms with Crippen molar-refractivity contribution in [3.63, 3.8) is 0 Å². The van der Waals surface area contributed by atoms with Gasteiger partial charge in [-0.2, -0.15) is 0 Å². The molecule has 2 heterocycles. The molecule has 2 aromatic rings. The Morgan fingerprint density at radius 3 is 2.74 bits per heavy atom. The lowest BCUT2D eigenvalue weighted by Crippen LogP contribution is -2.26. The predicted molar refractivity (Wildman–Crippen MR) is 75.8 cm³/mol. The minimum Gasteiger partial charge on any atom is -0.443 e. The summed E-state index contributed by atoms with van der Waals surface area (Å²) in [6, 6.07) is 1.90. The SMILES string of the molecule is CCc1cc2c(Cl)cn(C(=O)OC(C)(C)C)c2cn1. The van der Waals surface area contributed by atoms with Gasteiger partial charge in [-0.3, -0.25) is 4.98 Å². The summed E-state index contributed by atoms with van der Waals surface area (Å²) in [7, 11) is 0. The minimum atomic E-state index is -0.545. The number of rotatable bonds is 1. The Hall–Kier alpha value is -1.55. The standard InChI is InChI=1S/C14H17ClN2O2/c1-5-9-6-10-11(15)8-17(12(10)7-16-9)13(18)19-14(2,3)4/h6-8H,5H2,1-4H3. The van der Waals surface area contributed by atoms with Gasteiger partial charge in [0.15, 0.2) is 0 Å². The van der Waals surface area contributed by atoms with Gasteiger partial charge in [0.1, 0.15) is 5.60 Å². The molecule has 2 rings (SSSR count). The van der Waals surface area contributed by atoms with Gasteiger partial charge in [0.25, 0.3) is 0 Å². The van der Waals surface area contributed by atoms with Crippen molar-refractivity contribution < 1.29 is 9.53 Å². The second-order valence-electron chi connectivity index (χ2n) is 5.37. The summed E-state index contributed by atoms with van der Waals surface area (Å²) < 4.78 is 6.74. The average Bonchev–Trinajstić information content (AvgIpc) is 2.64. The van der Waals surface area contributed by atoms with Gasteiger partial charge >= 0.3 is 6.09 Å². The number of ether oxygens (including phenoxy) is 1. The number of nitrogens with zero attached hydrogens (tertiary/aromatic N) is 2. The van der Waals surface area contributed by atoms with Crippen LogP contribution in [0.15, 0.2) is 18.5 Å². The molecule has 0 saturated heterocycles. The van der Waals surface area contributed by atoms with Crippen molar-refractivity contribution in [3.8, 4) is 0 Å². The largest absolute Gasteiger partial charge is 0.443 e. The molecule has 0 spiro atoms. The highest BCUT2D eigenvalue weighted by molar-refractivity contribution is 6.35. The molecule has 0 aromatic carbocycles. The van der Waals surface area contributed by atoms with Crippen LogP contribution in [-0.2, 0) is 11.2 Å². The zero-order valence-electron chi connectivity index (χ0n) is 11.5. The van der Waals surface area contributed by atoms with Crippen molar-refractivity contribution in [3.05, 3.63) is 29.2 Å². The molecule has 0 unspecified atom stereocenters. The van der Waals surface area contributed by atoms with E-state index in [1.165, 1.54) is 4.57 Å². The Morgan fingerprint density at radius 2 is 2.16 bits per heavy atom. The van der Waals surface area contributed by atoms with Crippen LogP contribution >= 0.6 is 11.6 Å². The van der Waals surface area contributed by atoms with E-state index in [0.717, 1.165) is 17.5 Å². The monoisotopic (exact) mass is 280 g/mol. The number of carbonyl (C=O) groups is 1. The maximum absolute atomic E-state index is 12.1. The van der Waals surface area contributed by atoms with E-state index in [2.05, 4.69) is 4.98 Å². The van der Waals surface area contributed by atoms with Crippen LogP contribution in [0.1, 0.15) is 33.4 Å². The Balaban J connectivity index is 2.48. The van der Waals surface area contributed by atoms with Crippen LogP contribution < -0.4 is 0 Å². The molecule has 0 aliphatic heterocycles. The normalized spacial score (nSPS) is 11.8. The Labute approximate surface area is 117 Å². The molecule has 0 radical (unpaired) electrons. The fraction of sp³-hybridized carbons (Fsp3) is 0.429. The van der Waals surface area contributed by atoms with E-state index < -0.39 is 11.7 Å². The lowest BCUT2D eigenvalue weighted by atomic mass is 10.2. The molecule has 0 N–H and O–H groups in total. The topological polar surface area (TPSA) is 44.1 Å². The number of hydrogen-bond donors (Lipinski definition) is 0. The molecule has 4 nitrogen and oxygen atoms in total. The van der Waals surface area contributed by atoms with E-state index in [9.17, 15) is 4.79 Å². The molecule has 0 amide bonds. The van der Waals surface area contributed by atoms with E-state index in [-0.39, 0.29) is 0 Å². The second-order valence-corrected chi connectivity index (χ2v) is 5.78. The van der Waals surface area contributed by atoms with Gasteiger partial charge in [0.2, 0.25) is 0 Å². The van der Waals surface area contributed by atoms with Crippen LogP contribution in [0.4, 0.5) is 4.79 Å². The zero-order valence-corrected chi connectivity index (χ0v) is 12.3. The highest BCUT2D eigenvalue weighted by atomic mass is 35.5. The van der Waals surface area contributed by atoms with Crippen molar-refractivity contribution in [2.75, 3.05) is 0 Å². The van der Waals surface area contributed by atoms with Crippen molar-refractivity contribution in [2.24, 2.45) is 0 Å². The Morgan fingerprint density at radius 1 is 1.47 bits per heavy atom. The molecule has 0 bridgehead atoms. The average molecular weight is 281 g/mol. The Bertz CT molecular complexity index is 626. The maximum Gasteiger partial charge on any atom is 0.419 e. The van der Waals surface area contributed by atoms with Gasteiger partial charge in [0, 0.05) is 17.3 Å². The molecule has 0 aliphatic rings.